The van der Waals surface area contributed by atoms with E-state index in [2.05, 4.69) is 33.8 Å². The topological polar surface area (TPSA) is 37.3 Å². The van der Waals surface area contributed by atoms with E-state index < -0.39 is 6.10 Å². The van der Waals surface area contributed by atoms with E-state index in [0.29, 0.717) is 23.7 Å². The Kier molecular flexibility index (Phi) is 4.50. The Morgan fingerprint density at radius 3 is 2.73 bits per heavy atom. The molecule has 3 unspecified atom stereocenters. The van der Waals surface area contributed by atoms with Crippen molar-refractivity contribution in [3.8, 4) is 0 Å². The number of carbonyl (C=O) groups is 1. The van der Waals surface area contributed by atoms with Crippen LogP contribution in [-0.2, 0) is 4.79 Å². The Balaban J connectivity index is 1.67. The van der Waals surface area contributed by atoms with E-state index in [-0.39, 0.29) is 11.2 Å². The lowest BCUT2D eigenvalue weighted by Gasteiger charge is -2.59. The molecule has 0 aromatic heterocycles. The highest BCUT2D eigenvalue weighted by Crippen LogP contribution is 2.67. The number of allylic oxidation sites excluding steroid dienone is 2. The Morgan fingerprint density at radius 1 is 1.23 bits per heavy atom. The van der Waals surface area contributed by atoms with Crippen molar-refractivity contribution in [2.24, 2.45) is 34.5 Å². The molecule has 0 amide bonds. The first-order chi connectivity index (χ1) is 12.3. The summed E-state index contributed by atoms with van der Waals surface area (Å²) in [6, 6.07) is 0. The Hall–Kier alpha value is -0.890. The first-order valence-corrected chi connectivity index (χ1v) is 10.9. The summed E-state index contributed by atoms with van der Waals surface area (Å²) in [5, 5.41) is 11.0. The molecule has 0 aromatic carbocycles. The molecule has 2 heteroatoms. The normalized spacial score (nSPS) is 48.5. The first kappa shape index (κ1) is 18.5. The molecule has 4 aliphatic rings. The molecule has 0 radical (unpaired) electrons. The standard InChI is InChI=1S/C24H36O2/c1-5-6-15(2)18-7-8-19-17-14-22(26)21-13-16(25)9-11-24(21,4)20(17)10-12-23(18,19)3/h6,13,17-20,22,26H,5,7-12,14H2,1-4H3/b15-6+/t17?,18-,19?,20?,22-,23-,24-/m1/s1. The van der Waals surface area contributed by atoms with Crippen molar-refractivity contribution in [3.63, 3.8) is 0 Å². The SMILES string of the molecule is CC/C=C(\C)[C@H]1CCC2C3C[C@@H](O)C4=CC(=O)CC[C@]4(C)C3CC[C@@]21C. The number of ketones is 1. The van der Waals surface area contributed by atoms with Crippen molar-refractivity contribution in [1.29, 1.82) is 0 Å². The summed E-state index contributed by atoms with van der Waals surface area (Å²) in [6.45, 7) is 9.48. The van der Waals surface area contributed by atoms with E-state index in [4.69, 9.17) is 0 Å². The fourth-order valence-electron chi connectivity index (χ4n) is 7.82. The van der Waals surface area contributed by atoms with E-state index >= 15 is 0 Å². The van der Waals surface area contributed by atoms with Gasteiger partial charge in [-0.1, -0.05) is 32.4 Å². The maximum atomic E-state index is 12.0. The number of fused-ring (bicyclic) bond motifs is 5. The van der Waals surface area contributed by atoms with Crippen LogP contribution in [0, 0.1) is 34.5 Å². The Morgan fingerprint density at radius 2 is 2.00 bits per heavy atom. The second kappa shape index (κ2) is 6.33. The largest absolute Gasteiger partial charge is 0.389 e. The number of carbonyl (C=O) groups excluding carboxylic acids is 1. The van der Waals surface area contributed by atoms with Crippen LogP contribution < -0.4 is 0 Å². The predicted molar refractivity (Wildman–Crippen MR) is 106 cm³/mol. The zero-order chi connectivity index (χ0) is 18.7. The summed E-state index contributed by atoms with van der Waals surface area (Å²) >= 11 is 0. The fourth-order valence-corrected chi connectivity index (χ4v) is 7.82. The van der Waals surface area contributed by atoms with Gasteiger partial charge in [0, 0.05) is 6.42 Å². The zero-order valence-electron chi connectivity index (χ0n) is 17.1. The molecule has 2 nitrogen and oxygen atoms in total. The minimum absolute atomic E-state index is 0.0456. The number of aliphatic hydroxyl groups is 1. The summed E-state index contributed by atoms with van der Waals surface area (Å²) in [4.78, 5) is 12.0. The summed E-state index contributed by atoms with van der Waals surface area (Å²) in [7, 11) is 0. The molecule has 26 heavy (non-hydrogen) atoms. The average molecular weight is 357 g/mol. The highest BCUT2D eigenvalue weighted by Gasteiger charge is 2.60. The van der Waals surface area contributed by atoms with Crippen LogP contribution in [0.25, 0.3) is 0 Å². The lowest BCUT2D eigenvalue weighted by Crippen LogP contribution is -2.53. The third-order valence-electron chi connectivity index (χ3n) is 9.05. The van der Waals surface area contributed by atoms with Gasteiger partial charge in [0.1, 0.15) is 0 Å². The van der Waals surface area contributed by atoms with Crippen molar-refractivity contribution in [3.05, 3.63) is 23.3 Å². The molecular weight excluding hydrogens is 320 g/mol. The van der Waals surface area contributed by atoms with E-state index in [1.807, 2.05) is 6.08 Å². The number of aliphatic hydroxyl groups excluding tert-OH is 1. The number of rotatable bonds is 2. The van der Waals surface area contributed by atoms with Gasteiger partial charge in [-0.05, 0) is 98.0 Å². The Labute approximate surface area is 159 Å². The van der Waals surface area contributed by atoms with Gasteiger partial charge < -0.3 is 5.11 Å². The molecule has 0 saturated heterocycles. The number of hydrogen-bond donors (Lipinski definition) is 1. The van der Waals surface area contributed by atoms with Crippen LogP contribution in [0.5, 0.6) is 0 Å². The van der Waals surface area contributed by atoms with Gasteiger partial charge in [0.25, 0.3) is 0 Å². The van der Waals surface area contributed by atoms with Gasteiger partial charge in [0.05, 0.1) is 6.10 Å². The fraction of sp³-hybridized carbons (Fsp3) is 0.792. The second-order valence-electron chi connectivity index (χ2n) is 10.1. The maximum Gasteiger partial charge on any atom is 0.155 e. The molecule has 0 bridgehead atoms. The molecule has 4 aliphatic carbocycles. The van der Waals surface area contributed by atoms with Crippen LogP contribution in [0.15, 0.2) is 23.3 Å². The first-order valence-electron chi connectivity index (χ1n) is 10.9. The molecule has 0 aliphatic heterocycles. The van der Waals surface area contributed by atoms with Gasteiger partial charge in [-0.3, -0.25) is 4.79 Å². The molecule has 0 heterocycles. The molecule has 7 atom stereocenters. The van der Waals surface area contributed by atoms with Gasteiger partial charge in [-0.2, -0.15) is 0 Å². The summed E-state index contributed by atoms with van der Waals surface area (Å²) < 4.78 is 0. The van der Waals surface area contributed by atoms with E-state index in [9.17, 15) is 9.90 Å². The average Bonchev–Trinajstić information content (AvgIpc) is 2.94. The third-order valence-corrected chi connectivity index (χ3v) is 9.05. The van der Waals surface area contributed by atoms with Gasteiger partial charge in [0.15, 0.2) is 5.78 Å². The third kappa shape index (κ3) is 2.51. The van der Waals surface area contributed by atoms with Crippen LogP contribution in [0.1, 0.15) is 79.1 Å². The highest BCUT2D eigenvalue weighted by molar-refractivity contribution is 5.91. The van der Waals surface area contributed by atoms with Gasteiger partial charge in [-0.15, -0.1) is 0 Å². The van der Waals surface area contributed by atoms with Gasteiger partial charge >= 0.3 is 0 Å². The molecule has 144 valence electrons. The summed E-state index contributed by atoms with van der Waals surface area (Å²) in [6.07, 6.45) is 12.7. The highest BCUT2D eigenvalue weighted by atomic mass is 16.3. The van der Waals surface area contributed by atoms with E-state index in [1.165, 1.54) is 25.7 Å². The summed E-state index contributed by atoms with van der Waals surface area (Å²) in [5.74, 6) is 2.95. The van der Waals surface area contributed by atoms with Crippen molar-refractivity contribution in [2.75, 3.05) is 0 Å². The van der Waals surface area contributed by atoms with E-state index in [1.54, 1.807) is 5.57 Å². The minimum Gasteiger partial charge on any atom is -0.389 e. The lowest BCUT2D eigenvalue weighted by molar-refractivity contribution is -0.119. The van der Waals surface area contributed by atoms with Crippen LogP contribution >= 0.6 is 0 Å². The molecule has 1 N–H and O–H groups in total. The van der Waals surface area contributed by atoms with Gasteiger partial charge in [0.2, 0.25) is 0 Å². The zero-order valence-corrected chi connectivity index (χ0v) is 17.1. The minimum atomic E-state index is -0.404. The van der Waals surface area contributed by atoms with Crippen LogP contribution in [-0.4, -0.2) is 17.0 Å². The lowest BCUT2D eigenvalue weighted by atomic mass is 9.46. The number of hydrogen-bond acceptors (Lipinski definition) is 2. The van der Waals surface area contributed by atoms with Crippen molar-refractivity contribution in [1.82, 2.24) is 0 Å². The molecular formula is C24H36O2. The molecule has 0 aromatic rings. The molecule has 3 saturated carbocycles. The van der Waals surface area contributed by atoms with Crippen LogP contribution in [0.4, 0.5) is 0 Å². The van der Waals surface area contributed by atoms with Crippen molar-refractivity contribution >= 4 is 5.78 Å². The summed E-state index contributed by atoms with van der Waals surface area (Å²) in [5.41, 5.74) is 3.11. The molecule has 0 spiro atoms. The smallest absolute Gasteiger partial charge is 0.155 e. The monoisotopic (exact) mass is 356 g/mol. The molecule has 4 rings (SSSR count). The quantitative estimate of drug-likeness (QED) is 0.667. The maximum absolute atomic E-state index is 12.0. The van der Waals surface area contributed by atoms with Gasteiger partial charge in [-0.25, -0.2) is 0 Å². The Bertz CT molecular complexity index is 659. The predicted octanol–water partition coefficient (Wildman–Crippen LogP) is 5.46. The second-order valence-corrected chi connectivity index (χ2v) is 10.1. The van der Waals surface area contributed by atoms with Crippen molar-refractivity contribution in [2.45, 2.75) is 85.2 Å². The van der Waals surface area contributed by atoms with Crippen LogP contribution in [0.2, 0.25) is 0 Å². The van der Waals surface area contributed by atoms with E-state index in [0.717, 1.165) is 36.7 Å². The van der Waals surface area contributed by atoms with Crippen LogP contribution in [0.3, 0.4) is 0 Å². The molecule has 3 fully saturated rings. The van der Waals surface area contributed by atoms with Crippen molar-refractivity contribution < 1.29 is 9.90 Å².